The summed E-state index contributed by atoms with van der Waals surface area (Å²) in [5, 5.41) is 12.2. The average Bonchev–Trinajstić information content (AvgIpc) is 2.78. The fourth-order valence-corrected chi connectivity index (χ4v) is 2.85. The number of ether oxygens (including phenoxy) is 2. The Kier molecular flexibility index (Phi) is 6.86. The zero-order valence-electron chi connectivity index (χ0n) is 16.9. The molecule has 30 heavy (non-hydrogen) atoms. The van der Waals surface area contributed by atoms with Gasteiger partial charge in [0.05, 0.1) is 7.11 Å². The minimum absolute atomic E-state index is 0.00161. The molecule has 5 nitrogen and oxygen atoms in total. The minimum atomic E-state index is -0.463. The first-order chi connectivity index (χ1) is 14.6. The maximum Gasteiger partial charge on any atom is 0.266 e. The molecule has 0 unspecified atom stereocenters. The highest BCUT2D eigenvalue weighted by atomic mass is 16.5. The number of carbonyl (C=O) groups excluding carboxylic acids is 1. The molecule has 3 rings (SSSR count). The van der Waals surface area contributed by atoms with Crippen LogP contribution in [0.1, 0.15) is 16.7 Å². The summed E-state index contributed by atoms with van der Waals surface area (Å²) in [5.41, 5.74) is 3.30. The Morgan fingerprint density at radius 2 is 1.77 bits per heavy atom. The summed E-state index contributed by atoms with van der Waals surface area (Å²) < 4.78 is 11.3. The van der Waals surface area contributed by atoms with Gasteiger partial charge in [0.25, 0.3) is 5.91 Å². The summed E-state index contributed by atoms with van der Waals surface area (Å²) in [6.07, 6.45) is 1.52. The summed E-state index contributed by atoms with van der Waals surface area (Å²) >= 11 is 0. The molecule has 0 atom stereocenters. The number of hydrogen-bond acceptors (Lipinski definition) is 4. The van der Waals surface area contributed by atoms with Gasteiger partial charge in [0.1, 0.15) is 18.2 Å². The largest absolute Gasteiger partial charge is 0.493 e. The Morgan fingerprint density at radius 3 is 2.47 bits per heavy atom. The zero-order chi connectivity index (χ0) is 21.3. The van der Waals surface area contributed by atoms with Gasteiger partial charge in [-0.15, -0.1) is 0 Å². The standard InChI is InChI=1S/C25H22N2O3/c1-18-8-6-7-11-22(18)27-25(28)21(16-26)14-20-12-13-23(24(15-20)29-2)30-17-19-9-4-3-5-10-19/h3-15H,17H2,1-2H3,(H,27,28)/b21-14-. The number of nitrogens with one attached hydrogen (secondary N) is 1. The third-order valence-corrected chi connectivity index (χ3v) is 4.49. The summed E-state index contributed by atoms with van der Waals surface area (Å²) in [6.45, 7) is 2.30. The lowest BCUT2D eigenvalue weighted by Gasteiger charge is -2.12. The average molecular weight is 398 g/mol. The van der Waals surface area contributed by atoms with Crippen LogP contribution in [0.4, 0.5) is 5.69 Å². The van der Waals surface area contributed by atoms with Gasteiger partial charge in [-0.1, -0.05) is 54.6 Å². The topological polar surface area (TPSA) is 71.3 Å². The first kappa shape index (κ1) is 20.7. The lowest BCUT2D eigenvalue weighted by Crippen LogP contribution is -2.14. The van der Waals surface area contributed by atoms with Crippen LogP contribution in [0.25, 0.3) is 6.08 Å². The molecular formula is C25H22N2O3. The van der Waals surface area contributed by atoms with Crippen LogP contribution in [0, 0.1) is 18.3 Å². The van der Waals surface area contributed by atoms with E-state index in [0.717, 1.165) is 11.1 Å². The lowest BCUT2D eigenvalue weighted by molar-refractivity contribution is -0.112. The van der Waals surface area contributed by atoms with Crippen molar-refractivity contribution >= 4 is 17.7 Å². The number of rotatable bonds is 7. The van der Waals surface area contributed by atoms with E-state index < -0.39 is 5.91 Å². The second-order valence-electron chi connectivity index (χ2n) is 6.62. The summed E-state index contributed by atoms with van der Waals surface area (Å²) in [4.78, 5) is 12.5. The van der Waals surface area contributed by atoms with E-state index in [9.17, 15) is 10.1 Å². The summed E-state index contributed by atoms with van der Waals surface area (Å²) in [6, 6.07) is 24.5. The number of methoxy groups -OCH3 is 1. The molecule has 0 spiro atoms. The third kappa shape index (κ3) is 5.27. The van der Waals surface area contributed by atoms with Gasteiger partial charge < -0.3 is 14.8 Å². The predicted molar refractivity (Wildman–Crippen MR) is 117 cm³/mol. The van der Waals surface area contributed by atoms with Crippen molar-refractivity contribution in [1.82, 2.24) is 0 Å². The zero-order valence-corrected chi connectivity index (χ0v) is 16.9. The number of nitrogens with zero attached hydrogens (tertiary/aromatic N) is 1. The number of anilines is 1. The van der Waals surface area contributed by atoms with Crippen LogP contribution in [0.5, 0.6) is 11.5 Å². The van der Waals surface area contributed by atoms with Gasteiger partial charge in [0, 0.05) is 5.69 Å². The van der Waals surface area contributed by atoms with Crippen LogP contribution in [-0.4, -0.2) is 13.0 Å². The van der Waals surface area contributed by atoms with Crippen molar-refractivity contribution in [3.8, 4) is 17.6 Å². The van der Waals surface area contributed by atoms with Gasteiger partial charge in [0.2, 0.25) is 0 Å². The van der Waals surface area contributed by atoms with Crippen molar-refractivity contribution in [3.05, 3.63) is 95.1 Å². The SMILES string of the molecule is COc1cc(/C=C(/C#N)C(=O)Nc2ccccc2C)ccc1OCc1ccccc1. The number of carbonyl (C=O) groups is 1. The van der Waals surface area contributed by atoms with E-state index in [1.165, 1.54) is 6.08 Å². The highest BCUT2D eigenvalue weighted by Crippen LogP contribution is 2.30. The molecule has 5 heteroatoms. The smallest absolute Gasteiger partial charge is 0.266 e. The molecule has 0 aliphatic rings. The van der Waals surface area contributed by atoms with Crippen molar-refractivity contribution in [2.24, 2.45) is 0 Å². The molecule has 3 aromatic carbocycles. The van der Waals surface area contributed by atoms with E-state index in [2.05, 4.69) is 5.32 Å². The molecule has 0 aliphatic heterocycles. The molecule has 3 aromatic rings. The maximum atomic E-state index is 12.5. The molecule has 0 aromatic heterocycles. The first-order valence-electron chi connectivity index (χ1n) is 9.44. The Bertz CT molecular complexity index is 1100. The van der Waals surface area contributed by atoms with E-state index >= 15 is 0 Å². The Hall–Kier alpha value is -4.04. The van der Waals surface area contributed by atoms with Gasteiger partial charge in [-0.25, -0.2) is 0 Å². The Labute approximate surface area is 176 Å². The van der Waals surface area contributed by atoms with Crippen LogP contribution in [0.2, 0.25) is 0 Å². The van der Waals surface area contributed by atoms with E-state index in [0.29, 0.717) is 29.4 Å². The van der Waals surface area contributed by atoms with Crippen LogP contribution in [0.15, 0.2) is 78.4 Å². The predicted octanol–water partition coefficient (Wildman–Crippen LogP) is 5.13. The van der Waals surface area contributed by atoms with Gasteiger partial charge in [-0.05, 0) is 47.9 Å². The van der Waals surface area contributed by atoms with E-state index in [-0.39, 0.29) is 5.57 Å². The fraction of sp³-hybridized carbons (Fsp3) is 0.120. The van der Waals surface area contributed by atoms with Gasteiger partial charge in [-0.3, -0.25) is 4.79 Å². The van der Waals surface area contributed by atoms with Crippen LogP contribution in [0.3, 0.4) is 0 Å². The van der Waals surface area contributed by atoms with Gasteiger partial charge >= 0.3 is 0 Å². The number of aryl methyl sites for hydroxylation is 1. The van der Waals surface area contributed by atoms with Crippen LogP contribution >= 0.6 is 0 Å². The van der Waals surface area contributed by atoms with E-state index in [1.54, 1.807) is 31.4 Å². The van der Waals surface area contributed by atoms with Crippen molar-refractivity contribution in [2.45, 2.75) is 13.5 Å². The number of hydrogen-bond donors (Lipinski definition) is 1. The second kappa shape index (κ2) is 9.94. The van der Waals surface area contributed by atoms with Crippen LogP contribution < -0.4 is 14.8 Å². The molecule has 0 saturated carbocycles. The van der Waals surface area contributed by atoms with Gasteiger partial charge in [0.15, 0.2) is 11.5 Å². The Morgan fingerprint density at radius 1 is 1.03 bits per heavy atom. The molecule has 1 N–H and O–H groups in total. The fourth-order valence-electron chi connectivity index (χ4n) is 2.85. The molecule has 0 aliphatic carbocycles. The van der Waals surface area contributed by atoms with Crippen molar-refractivity contribution in [3.63, 3.8) is 0 Å². The number of para-hydroxylation sites is 1. The summed E-state index contributed by atoms with van der Waals surface area (Å²) in [7, 11) is 1.55. The third-order valence-electron chi connectivity index (χ3n) is 4.49. The Balaban J connectivity index is 1.76. The molecule has 0 saturated heterocycles. The minimum Gasteiger partial charge on any atom is -0.493 e. The second-order valence-corrected chi connectivity index (χ2v) is 6.62. The number of amides is 1. The highest BCUT2D eigenvalue weighted by Gasteiger charge is 2.12. The quantitative estimate of drug-likeness (QED) is 0.442. The molecular weight excluding hydrogens is 376 g/mol. The molecule has 0 bridgehead atoms. The molecule has 0 fully saturated rings. The van der Waals surface area contributed by atoms with Crippen molar-refractivity contribution in [2.75, 3.05) is 12.4 Å². The monoisotopic (exact) mass is 398 g/mol. The molecule has 0 radical (unpaired) electrons. The normalized spacial score (nSPS) is 10.8. The van der Waals surface area contributed by atoms with Gasteiger partial charge in [-0.2, -0.15) is 5.26 Å². The van der Waals surface area contributed by atoms with Crippen LogP contribution in [-0.2, 0) is 11.4 Å². The molecule has 1 amide bonds. The van der Waals surface area contributed by atoms with Crippen molar-refractivity contribution < 1.29 is 14.3 Å². The maximum absolute atomic E-state index is 12.5. The highest BCUT2D eigenvalue weighted by molar-refractivity contribution is 6.10. The van der Waals surface area contributed by atoms with E-state index in [4.69, 9.17) is 9.47 Å². The van der Waals surface area contributed by atoms with Crippen molar-refractivity contribution in [1.29, 1.82) is 5.26 Å². The summed E-state index contributed by atoms with van der Waals surface area (Å²) in [5.74, 6) is 0.646. The number of benzene rings is 3. The molecule has 0 heterocycles. The van der Waals surface area contributed by atoms with E-state index in [1.807, 2.05) is 61.5 Å². The number of nitriles is 1. The lowest BCUT2D eigenvalue weighted by atomic mass is 10.1. The molecule has 150 valence electrons. The first-order valence-corrected chi connectivity index (χ1v) is 9.44.